The zero-order valence-electron chi connectivity index (χ0n) is 12.3. The second-order valence-electron chi connectivity index (χ2n) is 5.65. The summed E-state index contributed by atoms with van der Waals surface area (Å²) in [5.74, 6) is -1.27. The van der Waals surface area contributed by atoms with E-state index in [2.05, 4.69) is 15.8 Å². The number of esters is 1. The summed E-state index contributed by atoms with van der Waals surface area (Å²) in [6, 6.07) is -0.458. The molecule has 2 saturated heterocycles. The van der Waals surface area contributed by atoms with E-state index in [-0.39, 0.29) is 30.8 Å². The summed E-state index contributed by atoms with van der Waals surface area (Å²) in [6.45, 7) is 5.89. The zero-order valence-corrected chi connectivity index (χ0v) is 12.3. The third-order valence-corrected chi connectivity index (χ3v) is 2.43. The quantitative estimate of drug-likeness (QED) is 0.545. The van der Waals surface area contributed by atoms with Gasteiger partial charge in [-0.1, -0.05) is 0 Å². The van der Waals surface area contributed by atoms with Crippen LogP contribution in [0, 0.1) is 5.92 Å². The number of hydroxylamine groups is 2. The molecular weight excluding hydrogens is 282 g/mol. The van der Waals surface area contributed by atoms with Gasteiger partial charge in [-0.2, -0.15) is 0 Å². The molecule has 120 valence electrons. The van der Waals surface area contributed by atoms with Crippen LogP contribution in [0.5, 0.6) is 0 Å². The first-order valence-corrected chi connectivity index (χ1v) is 6.50. The Labute approximate surface area is 122 Å². The molecule has 9 heteroatoms. The summed E-state index contributed by atoms with van der Waals surface area (Å²) < 4.78 is 5.07. The summed E-state index contributed by atoms with van der Waals surface area (Å²) in [5.41, 5.74) is 8.93. The molecule has 2 atom stereocenters. The summed E-state index contributed by atoms with van der Waals surface area (Å²) in [7, 11) is 0. The van der Waals surface area contributed by atoms with Crippen LogP contribution in [0.25, 0.3) is 0 Å². The number of hydrogen-bond acceptors (Lipinski definition) is 7. The Bertz CT molecular complexity index is 406. The van der Waals surface area contributed by atoms with Crippen molar-refractivity contribution in [1.82, 2.24) is 11.0 Å². The number of carbonyl (C=O) groups excluding carboxylic acids is 3. The van der Waals surface area contributed by atoms with Gasteiger partial charge in [-0.25, -0.2) is 11.0 Å². The van der Waals surface area contributed by atoms with E-state index in [0.717, 1.165) is 0 Å². The first-order chi connectivity index (χ1) is 9.69. The Kier molecular flexibility index (Phi) is 6.06. The lowest BCUT2D eigenvalue weighted by Crippen LogP contribution is -2.31. The SMILES string of the molecule is CC(C)(C)OC(=O)CC1CONC1=O.NC1CONC1=O. The van der Waals surface area contributed by atoms with Gasteiger partial charge in [-0.3, -0.25) is 24.1 Å². The normalized spacial score (nSPS) is 24.8. The third-order valence-electron chi connectivity index (χ3n) is 2.43. The van der Waals surface area contributed by atoms with Crippen molar-refractivity contribution in [1.29, 1.82) is 0 Å². The summed E-state index contributed by atoms with van der Waals surface area (Å²) >= 11 is 0. The number of ether oxygens (including phenoxy) is 1. The molecule has 0 aromatic heterocycles. The second-order valence-corrected chi connectivity index (χ2v) is 5.65. The highest BCUT2D eigenvalue weighted by atomic mass is 16.7. The molecule has 0 radical (unpaired) electrons. The average Bonchev–Trinajstić information content (AvgIpc) is 2.88. The van der Waals surface area contributed by atoms with E-state index in [1.54, 1.807) is 20.8 Å². The van der Waals surface area contributed by atoms with Crippen molar-refractivity contribution in [3.63, 3.8) is 0 Å². The van der Waals surface area contributed by atoms with Crippen molar-refractivity contribution in [3.05, 3.63) is 0 Å². The summed E-state index contributed by atoms with van der Waals surface area (Å²) in [6.07, 6.45) is 0.0725. The molecule has 2 rings (SSSR count). The average molecular weight is 303 g/mol. The molecule has 0 aliphatic carbocycles. The van der Waals surface area contributed by atoms with Crippen LogP contribution < -0.4 is 16.7 Å². The van der Waals surface area contributed by atoms with E-state index in [1.165, 1.54) is 0 Å². The van der Waals surface area contributed by atoms with Crippen molar-refractivity contribution in [2.24, 2.45) is 11.7 Å². The molecule has 2 amide bonds. The maximum absolute atomic E-state index is 11.3. The highest BCUT2D eigenvalue weighted by Gasteiger charge is 2.29. The van der Waals surface area contributed by atoms with Gasteiger partial charge in [0, 0.05) is 0 Å². The minimum Gasteiger partial charge on any atom is -0.460 e. The molecule has 0 saturated carbocycles. The van der Waals surface area contributed by atoms with Crippen molar-refractivity contribution in [3.8, 4) is 0 Å². The van der Waals surface area contributed by atoms with E-state index in [9.17, 15) is 14.4 Å². The molecule has 4 N–H and O–H groups in total. The smallest absolute Gasteiger partial charge is 0.307 e. The Morgan fingerprint density at radius 3 is 2.14 bits per heavy atom. The fourth-order valence-electron chi connectivity index (χ4n) is 1.46. The summed E-state index contributed by atoms with van der Waals surface area (Å²) in [4.78, 5) is 41.7. The van der Waals surface area contributed by atoms with Crippen molar-refractivity contribution < 1.29 is 28.8 Å². The molecule has 0 bridgehead atoms. The first kappa shape index (κ1) is 17.3. The largest absolute Gasteiger partial charge is 0.460 e. The van der Waals surface area contributed by atoms with Gasteiger partial charge >= 0.3 is 5.97 Å². The second kappa shape index (κ2) is 7.34. The topological polar surface area (TPSA) is 129 Å². The van der Waals surface area contributed by atoms with Crippen molar-refractivity contribution >= 4 is 17.8 Å². The summed E-state index contributed by atoms with van der Waals surface area (Å²) in [5, 5.41) is 0. The molecule has 2 aliphatic rings. The highest BCUT2D eigenvalue weighted by Crippen LogP contribution is 2.14. The number of amides is 2. The van der Waals surface area contributed by atoms with E-state index >= 15 is 0 Å². The monoisotopic (exact) mass is 303 g/mol. The van der Waals surface area contributed by atoms with Gasteiger partial charge in [0.1, 0.15) is 11.6 Å². The van der Waals surface area contributed by atoms with Gasteiger partial charge < -0.3 is 10.5 Å². The molecule has 2 aliphatic heterocycles. The standard InChI is InChI=1S/C9H15NO4.C3H6N2O2/c1-9(2,3)14-7(11)4-6-5-13-10-8(6)12;4-2-1-7-5-3(2)6/h6H,4-5H2,1-3H3,(H,10,12);2H,1,4H2,(H,5,6). The molecular formula is C12H21N3O6. The van der Waals surface area contributed by atoms with Crippen LogP contribution in [0.3, 0.4) is 0 Å². The third kappa shape index (κ3) is 6.52. The van der Waals surface area contributed by atoms with E-state index < -0.39 is 17.6 Å². The predicted molar refractivity (Wildman–Crippen MR) is 70.1 cm³/mol. The lowest BCUT2D eigenvalue weighted by Gasteiger charge is -2.19. The molecule has 2 heterocycles. The van der Waals surface area contributed by atoms with Gasteiger partial charge in [0.05, 0.1) is 25.6 Å². The predicted octanol–water partition coefficient (Wildman–Crippen LogP) is -1.23. The number of nitrogens with two attached hydrogens (primary N) is 1. The van der Waals surface area contributed by atoms with Gasteiger partial charge in [-0.15, -0.1) is 0 Å². The molecule has 2 unspecified atom stereocenters. The number of rotatable bonds is 2. The Balaban J connectivity index is 0.000000262. The number of hydrogen-bond donors (Lipinski definition) is 3. The minimum atomic E-state index is -0.507. The van der Waals surface area contributed by atoms with Crippen LogP contribution >= 0.6 is 0 Å². The first-order valence-electron chi connectivity index (χ1n) is 6.50. The highest BCUT2D eigenvalue weighted by molar-refractivity contribution is 5.84. The minimum absolute atomic E-state index is 0.0725. The Morgan fingerprint density at radius 2 is 1.81 bits per heavy atom. The Hall–Kier alpha value is -1.71. The van der Waals surface area contributed by atoms with E-state index in [0.29, 0.717) is 6.61 Å². The lowest BCUT2D eigenvalue weighted by atomic mass is 10.1. The van der Waals surface area contributed by atoms with Crippen LogP contribution in [0.2, 0.25) is 0 Å². The van der Waals surface area contributed by atoms with Crippen LogP contribution in [0.4, 0.5) is 0 Å². The molecule has 21 heavy (non-hydrogen) atoms. The Morgan fingerprint density at radius 1 is 1.24 bits per heavy atom. The van der Waals surface area contributed by atoms with Crippen molar-refractivity contribution in [2.75, 3.05) is 13.2 Å². The van der Waals surface area contributed by atoms with Gasteiger partial charge in [-0.05, 0) is 20.8 Å². The van der Waals surface area contributed by atoms with Crippen molar-refractivity contribution in [2.45, 2.75) is 38.8 Å². The number of nitrogens with one attached hydrogen (secondary N) is 2. The van der Waals surface area contributed by atoms with Gasteiger partial charge in [0.25, 0.3) is 5.91 Å². The van der Waals surface area contributed by atoms with Gasteiger partial charge in [0.2, 0.25) is 5.91 Å². The van der Waals surface area contributed by atoms with Crippen LogP contribution in [-0.2, 0) is 28.8 Å². The van der Waals surface area contributed by atoms with Crippen LogP contribution in [0.15, 0.2) is 0 Å². The molecule has 0 aromatic rings. The molecule has 9 nitrogen and oxygen atoms in total. The number of carbonyl (C=O) groups is 3. The zero-order chi connectivity index (χ0) is 16.0. The van der Waals surface area contributed by atoms with Crippen LogP contribution in [0.1, 0.15) is 27.2 Å². The fourth-order valence-corrected chi connectivity index (χ4v) is 1.46. The fraction of sp³-hybridized carbons (Fsp3) is 0.750. The molecule has 2 fully saturated rings. The van der Waals surface area contributed by atoms with Crippen LogP contribution in [-0.4, -0.2) is 42.6 Å². The maximum atomic E-state index is 11.3. The lowest BCUT2D eigenvalue weighted by molar-refractivity contribution is -0.156. The maximum Gasteiger partial charge on any atom is 0.307 e. The van der Waals surface area contributed by atoms with Gasteiger partial charge in [0.15, 0.2) is 0 Å². The van der Waals surface area contributed by atoms with E-state index in [4.69, 9.17) is 15.3 Å². The van der Waals surface area contributed by atoms with E-state index in [1.807, 2.05) is 0 Å². The molecule has 0 aromatic carbocycles. The molecule has 0 spiro atoms.